The second-order valence-electron chi connectivity index (χ2n) is 6.86. The van der Waals surface area contributed by atoms with Gasteiger partial charge in [-0.2, -0.15) is 0 Å². The summed E-state index contributed by atoms with van der Waals surface area (Å²) in [6.07, 6.45) is 7.59. The fourth-order valence-electron chi connectivity index (χ4n) is 3.85. The van der Waals surface area contributed by atoms with Crippen LogP contribution in [0, 0.1) is 0 Å². The molecule has 1 aromatic rings. The Kier molecular flexibility index (Phi) is 6.12. The Labute approximate surface area is 148 Å². The molecule has 0 aliphatic carbocycles. The number of halogens is 1. The number of fused-ring (bicyclic) bond motifs is 1. The first-order chi connectivity index (χ1) is 11.2. The van der Waals surface area contributed by atoms with Crippen molar-refractivity contribution in [2.24, 2.45) is 0 Å². The summed E-state index contributed by atoms with van der Waals surface area (Å²) in [7, 11) is 0. The molecule has 0 aromatic heterocycles. The van der Waals surface area contributed by atoms with Crippen molar-refractivity contribution in [3.8, 4) is 0 Å². The smallest absolute Gasteiger partial charge is 0.222 e. The minimum Gasteiger partial charge on any atom is -0.341 e. The number of unbranched alkanes of at least 4 members (excludes halogenated alkanes) is 1. The molecule has 2 fully saturated rings. The lowest BCUT2D eigenvalue weighted by atomic mass is 10.1. The molecular formula is C19H27BrN2O. The van der Waals surface area contributed by atoms with E-state index in [2.05, 4.69) is 50.0 Å². The van der Waals surface area contributed by atoms with Crippen molar-refractivity contribution < 1.29 is 4.79 Å². The molecule has 23 heavy (non-hydrogen) atoms. The third kappa shape index (κ3) is 4.80. The third-order valence-corrected chi connectivity index (χ3v) is 5.70. The Morgan fingerprint density at radius 2 is 1.87 bits per heavy atom. The van der Waals surface area contributed by atoms with E-state index in [1.54, 1.807) is 0 Å². The molecule has 2 aliphatic rings. The molecule has 1 atom stereocenters. The van der Waals surface area contributed by atoms with Crippen molar-refractivity contribution in [2.75, 3.05) is 26.2 Å². The van der Waals surface area contributed by atoms with Gasteiger partial charge in [-0.05, 0) is 62.8 Å². The van der Waals surface area contributed by atoms with Crippen LogP contribution in [0.25, 0.3) is 0 Å². The summed E-state index contributed by atoms with van der Waals surface area (Å²) in [5.41, 5.74) is 1.36. The molecular weight excluding hydrogens is 352 g/mol. The summed E-state index contributed by atoms with van der Waals surface area (Å²) >= 11 is 3.46. The van der Waals surface area contributed by atoms with Gasteiger partial charge in [0, 0.05) is 36.6 Å². The fourth-order valence-corrected chi connectivity index (χ4v) is 4.11. The predicted octanol–water partition coefficient (Wildman–Crippen LogP) is 3.86. The largest absolute Gasteiger partial charge is 0.341 e. The highest BCUT2D eigenvalue weighted by atomic mass is 79.9. The van der Waals surface area contributed by atoms with E-state index in [1.165, 1.54) is 31.5 Å². The van der Waals surface area contributed by atoms with Crippen LogP contribution >= 0.6 is 15.9 Å². The van der Waals surface area contributed by atoms with Crippen molar-refractivity contribution in [1.29, 1.82) is 0 Å². The number of rotatable bonds is 5. The van der Waals surface area contributed by atoms with Gasteiger partial charge in [0.05, 0.1) is 0 Å². The normalized spacial score (nSPS) is 22.0. The minimum absolute atomic E-state index is 0.370. The highest BCUT2D eigenvalue weighted by Crippen LogP contribution is 2.22. The summed E-state index contributed by atoms with van der Waals surface area (Å²) in [4.78, 5) is 17.2. The SMILES string of the molecule is O=C(CCCCc1ccc(Br)cc1)N1CCCN2CCC[C@H]2C1. The molecule has 1 aromatic carbocycles. The molecule has 0 radical (unpaired) electrons. The van der Waals surface area contributed by atoms with E-state index in [0.717, 1.165) is 43.2 Å². The molecule has 2 aliphatic heterocycles. The van der Waals surface area contributed by atoms with E-state index in [4.69, 9.17) is 0 Å². The van der Waals surface area contributed by atoms with E-state index in [-0.39, 0.29) is 0 Å². The zero-order chi connectivity index (χ0) is 16.1. The van der Waals surface area contributed by atoms with Crippen molar-refractivity contribution in [2.45, 2.75) is 51.0 Å². The van der Waals surface area contributed by atoms with Crippen LogP contribution in [0.15, 0.2) is 28.7 Å². The quantitative estimate of drug-likeness (QED) is 0.726. The number of hydrogen-bond donors (Lipinski definition) is 0. The molecule has 0 spiro atoms. The molecule has 0 bridgehead atoms. The topological polar surface area (TPSA) is 23.6 Å². The highest BCUT2D eigenvalue weighted by Gasteiger charge is 2.30. The van der Waals surface area contributed by atoms with Crippen molar-refractivity contribution in [3.05, 3.63) is 34.3 Å². The third-order valence-electron chi connectivity index (χ3n) is 5.18. The average molecular weight is 379 g/mol. The molecule has 126 valence electrons. The predicted molar refractivity (Wildman–Crippen MR) is 97.5 cm³/mol. The van der Waals surface area contributed by atoms with Gasteiger partial charge in [-0.3, -0.25) is 9.69 Å². The van der Waals surface area contributed by atoms with Gasteiger partial charge in [-0.15, -0.1) is 0 Å². The summed E-state index contributed by atoms with van der Waals surface area (Å²) in [6.45, 7) is 4.34. The van der Waals surface area contributed by atoms with Gasteiger partial charge in [0.15, 0.2) is 0 Å². The van der Waals surface area contributed by atoms with Crippen LogP contribution in [-0.4, -0.2) is 47.9 Å². The van der Waals surface area contributed by atoms with E-state index >= 15 is 0 Å². The Bertz CT molecular complexity index is 517. The zero-order valence-electron chi connectivity index (χ0n) is 13.8. The zero-order valence-corrected chi connectivity index (χ0v) is 15.4. The van der Waals surface area contributed by atoms with Crippen LogP contribution < -0.4 is 0 Å². The Morgan fingerprint density at radius 3 is 2.70 bits per heavy atom. The monoisotopic (exact) mass is 378 g/mol. The number of nitrogens with zero attached hydrogens (tertiary/aromatic N) is 2. The van der Waals surface area contributed by atoms with Gasteiger partial charge in [-0.1, -0.05) is 28.1 Å². The molecule has 3 nitrogen and oxygen atoms in total. The summed E-state index contributed by atoms with van der Waals surface area (Å²) in [5.74, 6) is 0.370. The molecule has 4 heteroatoms. The first-order valence-electron chi connectivity index (χ1n) is 8.98. The second-order valence-corrected chi connectivity index (χ2v) is 7.77. The Hall–Kier alpha value is -0.870. The first-order valence-corrected chi connectivity index (χ1v) is 9.78. The molecule has 0 N–H and O–H groups in total. The van der Waals surface area contributed by atoms with E-state index < -0.39 is 0 Å². The van der Waals surface area contributed by atoms with Crippen LogP contribution in [0.2, 0.25) is 0 Å². The Morgan fingerprint density at radius 1 is 1.09 bits per heavy atom. The van der Waals surface area contributed by atoms with E-state index in [0.29, 0.717) is 18.4 Å². The van der Waals surface area contributed by atoms with Gasteiger partial charge >= 0.3 is 0 Å². The molecule has 1 amide bonds. The molecule has 2 saturated heterocycles. The van der Waals surface area contributed by atoms with Crippen LogP contribution in [0.3, 0.4) is 0 Å². The number of aryl methyl sites for hydroxylation is 1. The van der Waals surface area contributed by atoms with Crippen LogP contribution in [0.4, 0.5) is 0 Å². The molecule has 0 saturated carbocycles. The number of carbonyl (C=O) groups is 1. The minimum atomic E-state index is 0.370. The fraction of sp³-hybridized carbons (Fsp3) is 0.632. The van der Waals surface area contributed by atoms with Gasteiger partial charge in [0.1, 0.15) is 0 Å². The van der Waals surface area contributed by atoms with Gasteiger partial charge in [0.25, 0.3) is 0 Å². The van der Waals surface area contributed by atoms with Crippen molar-refractivity contribution in [3.63, 3.8) is 0 Å². The number of benzene rings is 1. The van der Waals surface area contributed by atoms with Crippen LogP contribution in [-0.2, 0) is 11.2 Å². The lowest BCUT2D eigenvalue weighted by molar-refractivity contribution is -0.131. The van der Waals surface area contributed by atoms with Crippen LogP contribution in [0.5, 0.6) is 0 Å². The van der Waals surface area contributed by atoms with Crippen LogP contribution in [0.1, 0.15) is 44.1 Å². The summed E-state index contributed by atoms with van der Waals surface area (Å²) < 4.78 is 1.12. The molecule has 0 unspecified atom stereocenters. The lowest BCUT2D eigenvalue weighted by Crippen LogP contribution is -2.39. The maximum absolute atomic E-state index is 12.5. The first kappa shape index (κ1) is 17.0. The molecule has 3 rings (SSSR count). The maximum Gasteiger partial charge on any atom is 0.222 e. The van der Waals surface area contributed by atoms with Crippen molar-refractivity contribution >= 4 is 21.8 Å². The number of hydrogen-bond acceptors (Lipinski definition) is 2. The number of amides is 1. The van der Waals surface area contributed by atoms with E-state index in [1.807, 2.05) is 0 Å². The lowest BCUT2D eigenvalue weighted by Gasteiger charge is -2.25. The standard InChI is InChI=1S/C19H27BrN2O/c20-17-10-8-16(9-11-17)5-1-2-7-19(23)22-14-4-13-21-12-3-6-18(21)15-22/h8-11,18H,1-7,12-15H2/t18-/m0/s1. The van der Waals surface area contributed by atoms with Gasteiger partial charge < -0.3 is 4.90 Å². The highest BCUT2D eigenvalue weighted by molar-refractivity contribution is 9.10. The van der Waals surface area contributed by atoms with Gasteiger partial charge in [-0.25, -0.2) is 0 Å². The van der Waals surface area contributed by atoms with Crippen molar-refractivity contribution in [1.82, 2.24) is 9.80 Å². The maximum atomic E-state index is 12.5. The average Bonchev–Trinajstić information content (AvgIpc) is 2.90. The van der Waals surface area contributed by atoms with E-state index in [9.17, 15) is 4.79 Å². The summed E-state index contributed by atoms with van der Waals surface area (Å²) in [5, 5.41) is 0. The van der Waals surface area contributed by atoms with Gasteiger partial charge in [0.2, 0.25) is 5.91 Å². The summed E-state index contributed by atoms with van der Waals surface area (Å²) in [6, 6.07) is 9.13. The molecule has 2 heterocycles. The number of carbonyl (C=O) groups excluding carboxylic acids is 1. The Balaban J connectivity index is 1.39. The second kappa shape index (κ2) is 8.29.